The fraction of sp³-hybridized carbons (Fsp3) is 0.364. The van der Waals surface area contributed by atoms with E-state index >= 15 is 0 Å². The largest absolute Gasteiger partial charge is 0.494 e. The number of carbonyl (C=O) groups is 1. The van der Waals surface area contributed by atoms with Gasteiger partial charge in [0, 0.05) is 10.9 Å². The van der Waals surface area contributed by atoms with Crippen molar-refractivity contribution in [3.05, 3.63) is 28.8 Å². The smallest absolute Gasteiger partial charge is 0.127 e. The van der Waals surface area contributed by atoms with Gasteiger partial charge in [-0.25, -0.2) is 0 Å². The number of hydrogen-bond acceptors (Lipinski definition) is 2. The topological polar surface area (TPSA) is 26.3 Å². The third kappa shape index (κ3) is 2.48. The van der Waals surface area contributed by atoms with Gasteiger partial charge in [-0.3, -0.25) is 0 Å². The molecule has 14 heavy (non-hydrogen) atoms. The Hall–Kier alpha value is -1.02. The molecular formula is C11H13ClO2. The Balaban J connectivity index is 2.94. The van der Waals surface area contributed by atoms with E-state index in [2.05, 4.69) is 0 Å². The van der Waals surface area contributed by atoms with E-state index in [1.54, 1.807) is 6.07 Å². The first kappa shape index (κ1) is 11.1. The lowest BCUT2D eigenvalue weighted by atomic mass is 10.0. The number of ether oxygens (including phenoxy) is 1. The highest BCUT2D eigenvalue weighted by molar-refractivity contribution is 6.31. The molecule has 0 aliphatic heterocycles. The Bertz CT molecular complexity index is 323. The van der Waals surface area contributed by atoms with Crippen LogP contribution in [0, 0.1) is 0 Å². The predicted octanol–water partition coefficient (Wildman–Crippen LogP) is 3.04. The van der Waals surface area contributed by atoms with E-state index in [1.165, 1.54) is 0 Å². The maximum atomic E-state index is 10.6. The summed E-state index contributed by atoms with van der Waals surface area (Å²) in [7, 11) is 0. The number of hydrogen-bond donors (Lipinski definition) is 0. The van der Waals surface area contributed by atoms with E-state index < -0.39 is 0 Å². The van der Waals surface area contributed by atoms with Crippen LogP contribution in [-0.4, -0.2) is 12.9 Å². The second-order valence-corrected chi connectivity index (χ2v) is 3.45. The number of carbonyl (C=O) groups excluding carboxylic acids is 1. The maximum absolute atomic E-state index is 10.6. The summed E-state index contributed by atoms with van der Waals surface area (Å²) >= 11 is 6.00. The third-order valence-corrected chi connectivity index (χ3v) is 2.30. The first-order chi connectivity index (χ1) is 6.69. The molecule has 1 aromatic rings. The molecule has 1 rings (SSSR count). The van der Waals surface area contributed by atoms with Crippen LogP contribution in [0.4, 0.5) is 0 Å². The second-order valence-electron chi connectivity index (χ2n) is 3.04. The highest BCUT2D eigenvalue weighted by atomic mass is 35.5. The summed E-state index contributed by atoms with van der Waals surface area (Å²) in [6, 6.07) is 5.39. The van der Waals surface area contributed by atoms with E-state index in [1.807, 2.05) is 26.0 Å². The van der Waals surface area contributed by atoms with Crippen LogP contribution in [0.1, 0.15) is 25.3 Å². The molecule has 2 nitrogen and oxygen atoms in total. The minimum Gasteiger partial charge on any atom is -0.494 e. The van der Waals surface area contributed by atoms with Crippen LogP contribution >= 0.6 is 11.6 Å². The molecule has 0 fully saturated rings. The summed E-state index contributed by atoms with van der Waals surface area (Å²) in [6.45, 7) is 4.34. The fourth-order valence-electron chi connectivity index (χ4n) is 1.21. The minimum absolute atomic E-state index is 0.168. The van der Waals surface area contributed by atoms with Gasteiger partial charge in [0.05, 0.1) is 6.61 Å². The molecule has 0 radical (unpaired) electrons. The summed E-state index contributed by atoms with van der Waals surface area (Å²) in [6.07, 6.45) is 0.877. The van der Waals surface area contributed by atoms with Gasteiger partial charge in [0.15, 0.2) is 0 Å². The molecule has 0 aliphatic rings. The lowest BCUT2D eigenvalue weighted by Gasteiger charge is -2.09. The number of halogens is 1. The van der Waals surface area contributed by atoms with Crippen LogP contribution in [0.15, 0.2) is 18.2 Å². The summed E-state index contributed by atoms with van der Waals surface area (Å²) in [5, 5.41) is 0.579. The van der Waals surface area contributed by atoms with Crippen molar-refractivity contribution < 1.29 is 9.53 Å². The van der Waals surface area contributed by atoms with Crippen molar-refractivity contribution in [2.75, 3.05) is 6.61 Å². The summed E-state index contributed by atoms with van der Waals surface area (Å²) < 4.78 is 5.28. The van der Waals surface area contributed by atoms with E-state index in [0.717, 1.165) is 17.6 Å². The predicted molar refractivity (Wildman–Crippen MR) is 57.1 cm³/mol. The number of benzene rings is 1. The molecule has 0 saturated carbocycles. The van der Waals surface area contributed by atoms with E-state index in [4.69, 9.17) is 16.3 Å². The average molecular weight is 213 g/mol. The van der Waals surface area contributed by atoms with Crippen molar-refractivity contribution >= 4 is 17.9 Å². The van der Waals surface area contributed by atoms with Crippen molar-refractivity contribution in [1.82, 2.24) is 0 Å². The minimum atomic E-state index is -0.168. The highest BCUT2D eigenvalue weighted by Gasteiger charge is 2.09. The van der Waals surface area contributed by atoms with E-state index in [-0.39, 0.29) is 5.92 Å². The van der Waals surface area contributed by atoms with Gasteiger partial charge in [-0.15, -0.1) is 0 Å². The first-order valence-corrected chi connectivity index (χ1v) is 4.94. The van der Waals surface area contributed by atoms with Crippen molar-refractivity contribution in [2.45, 2.75) is 19.8 Å². The standard InChI is InChI=1S/C11H13ClO2/c1-3-14-9-4-5-10(8(2)7-13)11(12)6-9/h4-8H,3H2,1-2H3. The highest BCUT2D eigenvalue weighted by Crippen LogP contribution is 2.27. The molecule has 0 aromatic heterocycles. The molecule has 1 atom stereocenters. The Morgan fingerprint density at radius 3 is 2.79 bits per heavy atom. The zero-order valence-corrected chi connectivity index (χ0v) is 9.04. The van der Waals surface area contributed by atoms with Crippen LogP contribution in [0.5, 0.6) is 5.75 Å². The molecule has 0 spiro atoms. The Labute approximate surface area is 88.8 Å². The Morgan fingerprint density at radius 1 is 1.57 bits per heavy atom. The maximum Gasteiger partial charge on any atom is 0.127 e. The number of rotatable bonds is 4. The Morgan fingerprint density at radius 2 is 2.29 bits per heavy atom. The van der Waals surface area contributed by atoms with Crippen LogP contribution in [-0.2, 0) is 4.79 Å². The zero-order chi connectivity index (χ0) is 10.6. The summed E-state index contributed by atoms with van der Waals surface area (Å²) in [4.78, 5) is 10.6. The van der Waals surface area contributed by atoms with Crippen molar-refractivity contribution in [2.24, 2.45) is 0 Å². The molecule has 0 N–H and O–H groups in total. The van der Waals surface area contributed by atoms with Crippen molar-refractivity contribution in [3.63, 3.8) is 0 Å². The molecule has 0 saturated heterocycles. The number of aldehydes is 1. The molecule has 0 amide bonds. The van der Waals surface area contributed by atoms with Gasteiger partial charge < -0.3 is 9.53 Å². The van der Waals surface area contributed by atoms with Gasteiger partial charge in [0.2, 0.25) is 0 Å². The van der Waals surface area contributed by atoms with Gasteiger partial charge in [0.1, 0.15) is 12.0 Å². The molecule has 0 aliphatic carbocycles. The van der Waals surface area contributed by atoms with Gasteiger partial charge in [-0.05, 0) is 24.6 Å². The Kier molecular flexibility index (Phi) is 3.96. The normalized spacial score (nSPS) is 12.2. The van der Waals surface area contributed by atoms with Crippen LogP contribution in [0.3, 0.4) is 0 Å². The lowest BCUT2D eigenvalue weighted by Crippen LogP contribution is -1.97. The van der Waals surface area contributed by atoms with Gasteiger partial charge in [-0.1, -0.05) is 24.6 Å². The van der Waals surface area contributed by atoms with Gasteiger partial charge in [0.25, 0.3) is 0 Å². The van der Waals surface area contributed by atoms with Crippen molar-refractivity contribution in [1.29, 1.82) is 0 Å². The molecule has 1 aromatic carbocycles. The molecule has 3 heteroatoms. The molecule has 1 unspecified atom stereocenters. The quantitative estimate of drug-likeness (QED) is 0.718. The van der Waals surface area contributed by atoms with Gasteiger partial charge in [-0.2, -0.15) is 0 Å². The molecule has 0 bridgehead atoms. The summed E-state index contributed by atoms with van der Waals surface area (Å²) in [5.41, 5.74) is 0.838. The average Bonchev–Trinajstić information content (AvgIpc) is 2.17. The second kappa shape index (κ2) is 5.01. The lowest BCUT2D eigenvalue weighted by molar-refractivity contribution is -0.108. The molecular weight excluding hydrogens is 200 g/mol. The molecule has 76 valence electrons. The van der Waals surface area contributed by atoms with Crippen molar-refractivity contribution in [3.8, 4) is 5.75 Å². The zero-order valence-electron chi connectivity index (χ0n) is 8.29. The van der Waals surface area contributed by atoms with Crippen LogP contribution in [0.2, 0.25) is 5.02 Å². The molecule has 0 heterocycles. The first-order valence-electron chi connectivity index (χ1n) is 4.56. The van der Waals surface area contributed by atoms with Crippen LogP contribution in [0.25, 0.3) is 0 Å². The summed E-state index contributed by atoms with van der Waals surface area (Å²) in [5.74, 6) is 0.567. The van der Waals surface area contributed by atoms with E-state index in [0.29, 0.717) is 11.6 Å². The third-order valence-electron chi connectivity index (χ3n) is 1.98. The van der Waals surface area contributed by atoms with E-state index in [9.17, 15) is 4.79 Å². The SMILES string of the molecule is CCOc1ccc(C(C)C=O)c(Cl)c1. The fourth-order valence-corrected chi connectivity index (χ4v) is 1.55. The van der Waals surface area contributed by atoms with Crippen LogP contribution < -0.4 is 4.74 Å². The monoisotopic (exact) mass is 212 g/mol. The van der Waals surface area contributed by atoms with Gasteiger partial charge >= 0.3 is 0 Å².